The van der Waals surface area contributed by atoms with Crippen LogP contribution in [-0.4, -0.2) is 22.1 Å². The highest BCUT2D eigenvalue weighted by Crippen LogP contribution is 2.24. The van der Waals surface area contributed by atoms with Crippen molar-refractivity contribution in [3.63, 3.8) is 0 Å². The second kappa shape index (κ2) is 6.00. The van der Waals surface area contributed by atoms with Gasteiger partial charge in [-0.2, -0.15) is 0 Å². The Hall–Kier alpha value is -1.10. The molecule has 2 rings (SSSR count). The molecule has 0 bridgehead atoms. The normalized spacial score (nSPS) is 16.9. The SMILES string of the molecule is O=C(O)CCc1csc(NC2CCCCC2)n1. The van der Waals surface area contributed by atoms with E-state index in [2.05, 4.69) is 10.3 Å². The Morgan fingerprint density at radius 1 is 1.47 bits per heavy atom. The number of rotatable bonds is 5. The highest BCUT2D eigenvalue weighted by atomic mass is 32.1. The van der Waals surface area contributed by atoms with Gasteiger partial charge in [0.2, 0.25) is 0 Å². The number of carboxylic acids is 1. The Morgan fingerprint density at radius 2 is 2.24 bits per heavy atom. The number of nitrogens with one attached hydrogen (secondary N) is 1. The minimum absolute atomic E-state index is 0.159. The summed E-state index contributed by atoms with van der Waals surface area (Å²) in [7, 11) is 0. The number of aryl methyl sites for hydroxylation is 1. The molecule has 0 amide bonds. The lowest BCUT2D eigenvalue weighted by molar-refractivity contribution is -0.136. The van der Waals surface area contributed by atoms with E-state index in [4.69, 9.17) is 5.11 Å². The van der Waals surface area contributed by atoms with Gasteiger partial charge >= 0.3 is 5.97 Å². The van der Waals surface area contributed by atoms with Crippen molar-refractivity contribution in [1.82, 2.24) is 4.98 Å². The zero-order valence-electron chi connectivity index (χ0n) is 9.82. The van der Waals surface area contributed by atoms with E-state index in [0.29, 0.717) is 12.5 Å². The van der Waals surface area contributed by atoms with Crippen LogP contribution in [0.4, 0.5) is 5.13 Å². The Morgan fingerprint density at radius 3 is 2.94 bits per heavy atom. The molecule has 4 nitrogen and oxygen atoms in total. The molecule has 1 aromatic rings. The first kappa shape index (κ1) is 12.4. The number of thiazole rings is 1. The topological polar surface area (TPSA) is 62.2 Å². The molecular formula is C12H18N2O2S. The molecule has 0 unspecified atom stereocenters. The van der Waals surface area contributed by atoms with Crippen molar-refractivity contribution in [2.24, 2.45) is 0 Å². The first-order chi connectivity index (χ1) is 8.24. The van der Waals surface area contributed by atoms with E-state index in [1.807, 2.05) is 5.38 Å². The van der Waals surface area contributed by atoms with Crippen LogP contribution in [0.1, 0.15) is 44.2 Å². The van der Waals surface area contributed by atoms with Gasteiger partial charge in [-0.25, -0.2) is 4.98 Å². The number of carbonyl (C=O) groups is 1. The van der Waals surface area contributed by atoms with Gasteiger partial charge in [-0.05, 0) is 12.8 Å². The minimum atomic E-state index is -0.764. The summed E-state index contributed by atoms with van der Waals surface area (Å²) in [5.74, 6) is -0.764. The molecule has 5 heteroatoms. The maximum absolute atomic E-state index is 10.5. The van der Waals surface area contributed by atoms with Crippen LogP contribution in [0.5, 0.6) is 0 Å². The van der Waals surface area contributed by atoms with Crippen LogP contribution in [0, 0.1) is 0 Å². The van der Waals surface area contributed by atoms with E-state index in [-0.39, 0.29) is 6.42 Å². The summed E-state index contributed by atoms with van der Waals surface area (Å²) < 4.78 is 0. The molecule has 1 aromatic heterocycles. The maximum atomic E-state index is 10.5. The standard InChI is InChI=1S/C12H18N2O2S/c15-11(16)7-6-10-8-17-12(14-10)13-9-4-2-1-3-5-9/h8-9H,1-7H2,(H,13,14)(H,15,16). The number of hydrogen-bond donors (Lipinski definition) is 2. The largest absolute Gasteiger partial charge is 0.481 e. The van der Waals surface area contributed by atoms with Crippen molar-refractivity contribution in [2.75, 3.05) is 5.32 Å². The van der Waals surface area contributed by atoms with Gasteiger partial charge < -0.3 is 10.4 Å². The van der Waals surface area contributed by atoms with Gasteiger partial charge in [0.05, 0.1) is 12.1 Å². The van der Waals surface area contributed by atoms with Crippen LogP contribution in [0.2, 0.25) is 0 Å². The van der Waals surface area contributed by atoms with Crippen LogP contribution in [-0.2, 0) is 11.2 Å². The summed E-state index contributed by atoms with van der Waals surface area (Å²) in [6.45, 7) is 0. The molecule has 94 valence electrons. The Kier molecular flexibility index (Phi) is 4.36. The number of carboxylic acid groups (broad SMARTS) is 1. The molecule has 0 radical (unpaired) electrons. The fourth-order valence-electron chi connectivity index (χ4n) is 2.14. The molecule has 1 fully saturated rings. The molecule has 0 aromatic carbocycles. The van der Waals surface area contributed by atoms with Crippen molar-refractivity contribution in [1.29, 1.82) is 0 Å². The monoisotopic (exact) mass is 254 g/mol. The average Bonchev–Trinajstić information content (AvgIpc) is 2.75. The lowest BCUT2D eigenvalue weighted by atomic mass is 9.96. The summed E-state index contributed by atoms with van der Waals surface area (Å²) >= 11 is 1.58. The zero-order valence-corrected chi connectivity index (χ0v) is 10.6. The maximum Gasteiger partial charge on any atom is 0.303 e. The smallest absolute Gasteiger partial charge is 0.303 e. The molecule has 17 heavy (non-hydrogen) atoms. The van der Waals surface area contributed by atoms with E-state index in [1.54, 1.807) is 11.3 Å². The number of anilines is 1. The molecule has 0 aliphatic heterocycles. The molecule has 1 saturated carbocycles. The van der Waals surface area contributed by atoms with E-state index in [1.165, 1.54) is 32.1 Å². The first-order valence-electron chi connectivity index (χ1n) is 6.17. The van der Waals surface area contributed by atoms with Gasteiger partial charge in [-0.3, -0.25) is 4.79 Å². The summed E-state index contributed by atoms with van der Waals surface area (Å²) in [5, 5.41) is 14.9. The fourth-order valence-corrected chi connectivity index (χ4v) is 2.97. The zero-order chi connectivity index (χ0) is 12.1. The highest BCUT2D eigenvalue weighted by molar-refractivity contribution is 7.13. The van der Waals surface area contributed by atoms with Crippen molar-refractivity contribution < 1.29 is 9.90 Å². The third-order valence-electron chi connectivity index (χ3n) is 3.08. The Labute approximate surface area is 105 Å². The fraction of sp³-hybridized carbons (Fsp3) is 0.667. The predicted molar refractivity (Wildman–Crippen MR) is 68.6 cm³/mol. The first-order valence-corrected chi connectivity index (χ1v) is 7.05. The Balaban J connectivity index is 1.82. The molecule has 1 heterocycles. The number of aliphatic carboxylic acids is 1. The second-order valence-corrected chi connectivity index (χ2v) is 5.38. The summed E-state index contributed by atoms with van der Waals surface area (Å²) in [6.07, 6.45) is 7.09. The lowest BCUT2D eigenvalue weighted by Gasteiger charge is -2.22. The van der Waals surface area contributed by atoms with Crippen molar-refractivity contribution in [3.8, 4) is 0 Å². The van der Waals surface area contributed by atoms with E-state index >= 15 is 0 Å². The van der Waals surface area contributed by atoms with Gasteiger partial charge in [0, 0.05) is 17.8 Å². The van der Waals surface area contributed by atoms with Crippen molar-refractivity contribution in [3.05, 3.63) is 11.1 Å². The van der Waals surface area contributed by atoms with Gasteiger partial charge in [0.1, 0.15) is 0 Å². The third kappa shape index (κ3) is 4.00. The molecule has 0 spiro atoms. The van der Waals surface area contributed by atoms with Gasteiger partial charge in [-0.15, -0.1) is 11.3 Å². The number of aromatic nitrogens is 1. The van der Waals surface area contributed by atoms with E-state index in [0.717, 1.165) is 10.8 Å². The van der Waals surface area contributed by atoms with Crippen LogP contribution in [0.3, 0.4) is 0 Å². The van der Waals surface area contributed by atoms with Crippen LogP contribution >= 0.6 is 11.3 Å². The van der Waals surface area contributed by atoms with Crippen molar-refractivity contribution >= 4 is 22.4 Å². The second-order valence-electron chi connectivity index (χ2n) is 4.52. The molecule has 1 aliphatic rings. The van der Waals surface area contributed by atoms with Gasteiger partial charge in [0.25, 0.3) is 0 Å². The number of nitrogens with zero attached hydrogens (tertiary/aromatic N) is 1. The van der Waals surface area contributed by atoms with Gasteiger partial charge in [-0.1, -0.05) is 19.3 Å². The van der Waals surface area contributed by atoms with Crippen LogP contribution < -0.4 is 5.32 Å². The van der Waals surface area contributed by atoms with E-state index in [9.17, 15) is 4.79 Å². The van der Waals surface area contributed by atoms with Gasteiger partial charge in [0.15, 0.2) is 5.13 Å². The predicted octanol–water partition coefficient (Wildman–Crippen LogP) is 2.90. The molecule has 1 aliphatic carbocycles. The Bertz CT molecular complexity index is 372. The molecule has 2 N–H and O–H groups in total. The molecule has 0 atom stereocenters. The summed E-state index contributed by atoms with van der Waals surface area (Å²) in [4.78, 5) is 14.9. The quantitative estimate of drug-likeness (QED) is 0.848. The highest BCUT2D eigenvalue weighted by Gasteiger charge is 2.14. The lowest BCUT2D eigenvalue weighted by Crippen LogP contribution is -2.22. The summed E-state index contributed by atoms with van der Waals surface area (Å²) in [6, 6.07) is 0.558. The third-order valence-corrected chi connectivity index (χ3v) is 3.90. The average molecular weight is 254 g/mol. The molecule has 0 saturated heterocycles. The number of hydrogen-bond acceptors (Lipinski definition) is 4. The minimum Gasteiger partial charge on any atom is -0.481 e. The van der Waals surface area contributed by atoms with Crippen LogP contribution in [0.15, 0.2) is 5.38 Å². The molecular weight excluding hydrogens is 236 g/mol. The van der Waals surface area contributed by atoms with E-state index < -0.39 is 5.97 Å². The van der Waals surface area contributed by atoms with Crippen molar-refractivity contribution in [2.45, 2.75) is 51.0 Å². The van der Waals surface area contributed by atoms with Crippen LogP contribution in [0.25, 0.3) is 0 Å². The summed E-state index contributed by atoms with van der Waals surface area (Å²) in [5.41, 5.74) is 0.885.